The first-order valence-electron chi connectivity index (χ1n) is 5.89. The average Bonchev–Trinajstić information content (AvgIpc) is 3.12. The zero-order valence-electron chi connectivity index (χ0n) is 9.79. The van der Waals surface area contributed by atoms with E-state index in [1.807, 2.05) is 18.2 Å². The second kappa shape index (κ2) is 6.19. The molecule has 0 aromatic heterocycles. The van der Waals surface area contributed by atoms with Crippen molar-refractivity contribution < 1.29 is 9.47 Å². The molecule has 1 aliphatic rings. The zero-order valence-corrected chi connectivity index (χ0v) is 12.1. The maximum atomic E-state index is 6.04. The second-order valence-electron chi connectivity index (χ2n) is 4.23. The summed E-state index contributed by atoms with van der Waals surface area (Å²) in [6.45, 7) is 3.65. The molecule has 0 amide bonds. The van der Waals surface area contributed by atoms with Crippen LogP contribution >= 0.6 is 27.5 Å². The Morgan fingerprint density at radius 3 is 3.00 bits per heavy atom. The molecule has 1 heterocycles. The average molecular weight is 320 g/mol. The molecule has 1 unspecified atom stereocenters. The van der Waals surface area contributed by atoms with Crippen LogP contribution in [0, 0.1) is 0 Å². The molecule has 0 bridgehead atoms. The third kappa shape index (κ3) is 3.95. The van der Waals surface area contributed by atoms with E-state index in [-0.39, 0.29) is 6.10 Å². The Balaban J connectivity index is 2.08. The van der Waals surface area contributed by atoms with Crippen molar-refractivity contribution >= 4 is 27.5 Å². The fourth-order valence-corrected chi connectivity index (χ4v) is 2.42. The Bertz CT molecular complexity index is 380. The lowest BCUT2D eigenvalue weighted by Gasteiger charge is -2.19. The quantitative estimate of drug-likeness (QED) is 0.727. The third-order valence-electron chi connectivity index (χ3n) is 2.74. The van der Waals surface area contributed by atoms with Gasteiger partial charge in [0.1, 0.15) is 6.10 Å². The molecule has 2 atom stereocenters. The predicted molar refractivity (Wildman–Crippen MR) is 72.5 cm³/mol. The van der Waals surface area contributed by atoms with Crippen LogP contribution in [0.1, 0.15) is 31.4 Å². The minimum Gasteiger partial charge on any atom is -0.371 e. The Morgan fingerprint density at radius 1 is 1.59 bits per heavy atom. The maximum absolute atomic E-state index is 6.04. The lowest BCUT2D eigenvalue weighted by Crippen LogP contribution is -2.09. The molecule has 0 aliphatic carbocycles. The Labute approximate surface area is 115 Å². The molecule has 2 nitrogen and oxygen atoms in total. The molecule has 0 saturated carbocycles. The first-order valence-corrected chi connectivity index (χ1v) is 7.06. The largest absolute Gasteiger partial charge is 0.371 e. The van der Waals surface area contributed by atoms with Crippen molar-refractivity contribution in [2.45, 2.75) is 32.0 Å². The number of rotatable bonds is 6. The molecule has 0 radical (unpaired) electrons. The standard InChI is InChI=1S/C13H16BrClO2/c1-2-3-13(17-8-10-7-16-10)11-6-9(15)4-5-12(11)14/h4-6,10,13H,2-3,7-8H2,1H3/t10?,13-/m1/s1. The number of benzene rings is 1. The first kappa shape index (κ1) is 13.3. The molecule has 1 aliphatic heterocycles. The van der Waals surface area contributed by atoms with Gasteiger partial charge in [-0.15, -0.1) is 0 Å². The zero-order chi connectivity index (χ0) is 12.3. The molecule has 0 N–H and O–H groups in total. The summed E-state index contributed by atoms with van der Waals surface area (Å²) in [7, 11) is 0. The van der Waals surface area contributed by atoms with E-state index in [1.165, 1.54) is 0 Å². The molecule has 1 aromatic carbocycles. The van der Waals surface area contributed by atoms with Gasteiger partial charge in [-0.3, -0.25) is 0 Å². The highest BCUT2D eigenvalue weighted by molar-refractivity contribution is 9.10. The Kier molecular flexibility index (Phi) is 4.86. The minimum absolute atomic E-state index is 0.0947. The highest BCUT2D eigenvalue weighted by atomic mass is 79.9. The van der Waals surface area contributed by atoms with E-state index in [4.69, 9.17) is 21.1 Å². The lowest BCUT2D eigenvalue weighted by molar-refractivity contribution is 0.0354. The van der Waals surface area contributed by atoms with Crippen LogP contribution in [0.2, 0.25) is 5.02 Å². The van der Waals surface area contributed by atoms with E-state index in [0.29, 0.717) is 12.7 Å². The highest BCUT2D eigenvalue weighted by Crippen LogP contribution is 2.32. The molecule has 1 aromatic rings. The summed E-state index contributed by atoms with van der Waals surface area (Å²) < 4.78 is 12.1. The van der Waals surface area contributed by atoms with Crippen LogP contribution in [-0.2, 0) is 9.47 Å². The highest BCUT2D eigenvalue weighted by Gasteiger charge is 2.25. The van der Waals surface area contributed by atoms with E-state index < -0.39 is 0 Å². The van der Waals surface area contributed by atoms with Crippen molar-refractivity contribution in [1.82, 2.24) is 0 Å². The van der Waals surface area contributed by atoms with Gasteiger partial charge in [0.2, 0.25) is 0 Å². The van der Waals surface area contributed by atoms with Gasteiger partial charge in [-0.25, -0.2) is 0 Å². The second-order valence-corrected chi connectivity index (χ2v) is 5.52. The van der Waals surface area contributed by atoms with E-state index >= 15 is 0 Å². The van der Waals surface area contributed by atoms with Crippen molar-refractivity contribution in [1.29, 1.82) is 0 Å². The summed E-state index contributed by atoms with van der Waals surface area (Å²) in [5.41, 5.74) is 1.13. The van der Waals surface area contributed by atoms with Gasteiger partial charge >= 0.3 is 0 Å². The van der Waals surface area contributed by atoms with Gasteiger partial charge in [0.25, 0.3) is 0 Å². The molecule has 1 saturated heterocycles. The molecular weight excluding hydrogens is 303 g/mol. The summed E-state index contributed by atoms with van der Waals surface area (Å²) in [6.07, 6.45) is 2.46. The molecule has 2 rings (SSSR count). The van der Waals surface area contributed by atoms with Gasteiger partial charge in [-0.2, -0.15) is 0 Å². The van der Waals surface area contributed by atoms with E-state index in [0.717, 1.165) is 34.5 Å². The van der Waals surface area contributed by atoms with Gasteiger partial charge in [-0.1, -0.05) is 40.9 Å². The lowest BCUT2D eigenvalue weighted by atomic mass is 10.1. The van der Waals surface area contributed by atoms with Gasteiger partial charge in [0.05, 0.1) is 19.3 Å². The smallest absolute Gasteiger partial charge is 0.104 e. The van der Waals surface area contributed by atoms with Crippen molar-refractivity contribution in [3.63, 3.8) is 0 Å². The molecule has 17 heavy (non-hydrogen) atoms. The minimum atomic E-state index is 0.0947. The van der Waals surface area contributed by atoms with Gasteiger partial charge in [0.15, 0.2) is 0 Å². The fraction of sp³-hybridized carbons (Fsp3) is 0.538. The van der Waals surface area contributed by atoms with Crippen molar-refractivity contribution in [3.05, 3.63) is 33.3 Å². The predicted octanol–water partition coefficient (Wildman–Crippen LogP) is 4.36. The fourth-order valence-electron chi connectivity index (χ4n) is 1.74. The SMILES string of the molecule is CCC[C@@H](OCC1CO1)c1cc(Cl)ccc1Br. The summed E-state index contributed by atoms with van der Waals surface area (Å²) in [5, 5.41) is 0.746. The van der Waals surface area contributed by atoms with E-state index in [1.54, 1.807) is 0 Å². The van der Waals surface area contributed by atoms with Crippen LogP contribution < -0.4 is 0 Å². The number of ether oxygens (including phenoxy) is 2. The topological polar surface area (TPSA) is 21.8 Å². The van der Waals surface area contributed by atoms with Crippen LogP contribution in [-0.4, -0.2) is 19.3 Å². The summed E-state index contributed by atoms with van der Waals surface area (Å²) in [4.78, 5) is 0. The maximum Gasteiger partial charge on any atom is 0.104 e. The molecule has 1 fully saturated rings. The molecule has 0 spiro atoms. The summed E-state index contributed by atoms with van der Waals surface area (Å²) >= 11 is 9.59. The molecular formula is C13H16BrClO2. The molecule has 4 heteroatoms. The van der Waals surface area contributed by atoms with Gasteiger partial charge in [-0.05, 0) is 30.2 Å². The number of hydrogen-bond acceptors (Lipinski definition) is 2. The Hall–Kier alpha value is -0.0900. The summed E-state index contributed by atoms with van der Waals surface area (Å²) in [6, 6.07) is 5.82. The van der Waals surface area contributed by atoms with Crippen LogP contribution in [0.25, 0.3) is 0 Å². The number of halogens is 2. The number of hydrogen-bond donors (Lipinski definition) is 0. The monoisotopic (exact) mass is 318 g/mol. The van der Waals surface area contributed by atoms with Gasteiger partial charge < -0.3 is 9.47 Å². The van der Waals surface area contributed by atoms with Crippen molar-refractivity contribution in [3.8, 4) is 0 Å². The van der Waals surface area contributed by atoms with E-state index in [2.05, 4.69) is 22.9 Å². The third-order valence-corrected chi connectivity index (χ3v) is 3.70. The Morgan fingerprint density at radius 2 is 2.35 bits per heavy atom. The normalized spacial score (nSPS) is 20.3. The van der Waals surface area contributed by atoms with Crippen molar-refractivity contribution in [2.24, 2.45) is 0 Å². The van der Waals surface area contributed by atoms with Crippen LogP contribution in [0.4, 0.5) is 0 Å². The van der Waals surface area contributed by atoms with Crippen LogP contribution in [0.5, 0.6) is 0 Å². The van der Waals surface area contributed by atoms with Crippen LogP contribution in [0.3, 0.4) is 0 Å². The number of epoxide rings is 1. The first-order chi connectivity index (χ1) is 8.20. The molecule has 94 valence electrons. The van der Waals surface area contributed by atoms with E-state index in [9.17, 15) is 0 Å². The van der Waals surface area contributed by atoms with Gasteiger partial charge in [0, 0.05) is 9.50 Å². The summed E-state index contributed by atoms with van der Waals surface area (Å²) in [5.74, 6) is 0. The van der Waals surface area contributed by atoms with Crippen LogP contribution in [0.15, 0.2) is 22.7 Å². The van der Waals surface area contributed by atoms with Crippen molar-refractivity contribution in [2.75, 3.05) is 13.2 Å².